The normalized spacial score (nSPS) is 18.0. The van der Waals surface area contributed by atoms with Crippen molar-refractivity contribution in [3.63, 3.8) is 0 Å². The van der Waals surface area contributed by atoms with E-state index in [9.17, 15) is 0 Å². The third kappa shape index (κ3) is 2.33. The van der Waals surface area contributed by atoms with Crippen molar-refractivity contribution in [3.8, 4) is 0 Å². The standard InChI is InChI=1S/C13H15BrN2S/c1-13(5-2-6-13)8-15-12-16-10-7-9(14)3-4-11(10)17-12/h3-4,7H,2,5-6,8H2,1H3,(H,15,16). The van der Waals surface area contributed by atoms with Crippen molar-refractivity contribution in [2.45, 2.75) is 26.2 Å². The zero-order valence-corrected chi connectivity index (χ0v) is 12.2. The summed E-state index contributed by atoms with van der Waals surface area (Å²) in [7, 11) is 0. The molecule has 1 aromatic carbocycles. The van der Waals surface area contributed by atoms with Crippen LogP contribution in [-0.4, -0.2) is 11.5 Å². The third-order valence-electron chi connectivity index (χ3n) is 3.58. The monoisotopic (exact) mass is 310 g/mol. The summed E-state index contributed by atoms with van der Waals surface area (Å²) >= 11 is 5.22. The molecule has 1 N–H and O–H groups in total. The van der Waals surface area contributed by atoms with Crippen LogP contribution in [0.3, 0.4) is 0 Å². The Kier molecular flexibility index (Phi) is 2.87. The van der Waals surface area contributed by atoms with Crippen molar-refractivity contribution in [3.05, 3.63) is 22.7 Å². The highest BCUT2D eigenvalue weighted by Crippen LogP contribution is 2.40. The topological polar surface area (TPSA) is 24.9 Å². The Hall–Kier alpha value is -0.610. The first-order valence-electron chi connectivity index (χ1n) is 5.95. The zero-order valence-electron chi connectivity index (χ0n) is 9.79. The van der Waals surface area contributed by atoms with E-state index < -0.39 is 0 Å². The molecular formula is C13H15BrN2S. The Labute approximate surface area is 114 Å². The van der Waals surface area contributed by atoms with Crippen LogP contribution in [0.2, 0.25) is 0 Å². The molecule has 0 aliphatic heterocycles. The van der Waals surface area contributed by atoms with Gasteiger partial charge in [0.25, 0.3) is 0 Å². The second kappa shape index (κ2) is 4.25. The summed E-state index contributed by atoms with van der Waals surface area (Å²) in [5.41, 5.74) is 1.57. The number of rotatable bonds is 3. The third-order valence-corrected chi connectivity index (χ3v) is 5.06. The summed E-state index contributed by atoms with van der Waals surface area (Å²) in [6, 6.07) is 6.26. The fourth-order valence-electron chi connectivity index (χ4n) is 2.22. The van der Waals surface area contributed by atoms with E-state index in [1.165, 1.54) is 24.0 Å². The van der Waals surface area contributed by atoms with E-state index in [-0.39, 0.29) is 0 Å². The van der Waals surface area contributed by atoms with E-state index in [2.05, 4.69) is 51.4 Å². The summed E-state index contributed by atoms with van der Waals surface area (Å²) < 4.78 is 2.34. The number of fused-ring (bicyclic) bond motifs is 1. The van der Waals surface area contributed by atoms with Gasteiger partial charge in [-0.15, -0.1) is 0 Å². The fraction of sp³-hybridized carbons (Fsp3) is 0.462. The van der Waals surface area contributed by atoms with Crippen LogP contribution in [0, 0.1) is 5.41 Å². The molecule has 17 heavy (non-hydrogen) atoms. The molecule has 1 heterocycles. The Morgan fingerprint density at radius 2 is 2.29 bits per heavy atom. The maximum atomic E-state index is 4.61. The predicted octanol–water partition coefficient (Wildman–Crippen LogP) is 4.66. The summed E-state index contributed by atoms with van der Waals surface area (Å²) in [6.07, 6.45) is 4.07. The highest BCUT2D eigenvalue weighted by Gasteiger charge is 2.31. The van der Waals surface area contributed by atoms with Crippen LogP contribution >= 0.6 is 27.3 Å². The van der Waals surface area contributed by atoms with Crippen LogP contribution in [0.1, 0.15) is 26.2 Å². The molecule has 2 aromatic rings. The molecule has 2 nitrogen and oxygen atoms in total. The number of aromatic nitrogens is 1. The Morgan fingerprint density at radius 3 is 3.00 bits per heavy atom. The van der Waals surface area contributed by atoms with Gasteiger partial charge in [-0.2, -0.15) is 0 Å². The minimum Gasteiger partial charge on any atom is -0.361 e. The SMILES string of the molecule is CC1(CNc2nc3cc(Br)ccc3s2)CCC1. The molecule has 0 radical (unpaired) electrons. The highest BCUT2D eigenvalue weighted by atomic mass is 79.9. The van der Waals surface area contributed by atoms with Crippen molar-refractivity contribution >= 4 is 42.6 Å². The van der Waals surface area contributed by atoms with Gasteiger partial charge in [0, 0.05) is 11.0 Å². The molecule has 3 rings (SSSR count). The van der Waals surface area contributed by atoms with Gasteiger partial charge in [-0.3, -0.25) is 0 Å². The number of nitrogens with zero attached hydrogens (tertiary/aromatic N) is 1. The molecule has 0 unspecified atom stereocenters. The second-order valence-electron chi connectivity index (χ2n) is 5.15. The maximum Gasteiger partial charge on any atom is 0.183 e. The van der Waals surface area contributed by atoms with Crippen LogP contribution in [0.5, 0.6) is 0 Å². The van der Waals surface area contributed by atoms with Crippen molar-refractivity contribution in [2.75, 3.05) is 11.9 Å². The van der Waals surface area contributed by atoms with Gasteiger partial charge in [0.15, 0.2) is 5.13 Å². The van der Waals surface area contributed by atoms with E-state index in [1.54, 1.807) is 11.3 Å². The predicted molar refractivity (Wildman–Crippen MR) is 77.8 cm³/mol. The van der Waals surface area contributed by atoms with Crippen molar-refractivity contribution in [1.82, 2.24) is 4.98 Å². The number of hydrogen-bond donors (Lipinski definition) is 1. The van der Waals surface area contributed by atoms with E-state index >= 15 is 0 Å². The number of halogens is 1. The van der Waals surface area contributed by atoms with Crippen molar-refractivity contribution < 1.29 is 0 Å². The molecule has 0 bridgehead atoms. The number of anilines is 1. The summed E-state index contributed by atoms with van der Waals surface area (Å²) in [5.74, 6) is 0. The van der Waals surface area contributed by atoms with Gasteiger partial charge in [-0.05, 0) is 36.5 Å². The van der Waals surface area contributed by atoms with E-state index in [0.717, 1.165) is 21.7 Å². The van der Waals surface area contributed by atoms with Crippen LogP contribution < -0.4 is 5.32 Å². The van der Waals surface area contributed by atoms with E-state index in [0.29, 0.717) is 5.41 Å². The molecule has 4 heteroatoms. The first-order valence-corrected chi connectivity index (χ1v) is 7.56. The first-order chi connectivity index (χ1) is 8.15. The van der Waals surface area contributed by atoms with Crippen molar-refractivity contribution in [1.29, 1.82) is 0 Å². The number of hydrogen-bond acceptors (Lipinski definition) is 3. The smallest absolute Gasteiger partial charge is 0.183 e. The van der Waals surface area contributed by atoms with Gasteiger partial charge in [-0.1, -0.05) is 40.6 Å². The summed E-state index contributed by atoms with van der Waals surface area (Å²) in [4.78, 5) is 4.61. The van der Waals surface area contributed by atoms with Gasteiger partial charge in [0.05, 0.1) is 10.2 Å². The van der Waals surface area contributed by atoms with Crippen LogP contribution in [0.15, 0.2) is 22.7 Å². The lowest BCUT2D eigenvalue weighted by Gasteiger charge is -2.38. The molecule has 0 spiro atoms. The van der Waals surface area contributed by atoms with E-state index in [1.807, 2.05) is 0 Å². The minimum atomic E-state index is 0.498. The lowest BCUT2D eigenvalue weighted by atomic mass is 9.70. The molecular weight excluding hydrogens is 296 g/mol. The molecule has 90 valence electrons. The highest BCUT2D eigenvalue weighted by molar-refractivity contribution is 9.10. The lowest BCUT2D eigenvalue weighted by molar-refractivity contribution is 0.180. The van der Waals surface area contributed by atoms with Gasteiger partial charge < -0.3 is 5.32 Å². The van der Waals surface area contributed by atoms with Gasteiger partial charge >= 0.3 is 0 Å². The Morgan fingerprint density at radius 1 is 1.47 bits per heavy atom. The summed E-state index contributed by atoms with van der Waals surface area (Å²) in [6.45, 7) is 3.40. The Bertz CT molecular complexity index is 545. The number of benzene rings is 1. The molecule has 1 saturated carbocycles. The second-order valence-corrected chi connectivity index (χ2v) is 7.10. The van der Waals surface area contributed by atoms with Gasteiger partial charge in [0.2, 0.25) is 0 Å². The average Bonchev–Trinajstić information content (AvgIpc) is 2.65. The molecule has 0 saturated heterocycles. The van der Waals surface area contributed by atoms with Crippen LogP contribution in [0.4, 0.5) is 5.13 Å². The Balaban J connectivity index is 1.76. The lowest BCUT2D eigenvalue weighted by Crippen LogP contribution is -2.33. The van der Waals surface area contributed by atoms with Crippen LogP contribution in [-0.2, 0) is 0 Å². The molecule has 1 aromatic heterocycles. The largest absolute Gasteiger partial charge is 0.361 e. The van der Waals surface area contributed by atoms with Gasteiger partial charge in [0.1, 0.15) is 0 Å². The molecule has 1 aliphatic rings. The molecule has 0 amide bonds. The molecule has 1 aliphatic carbocycles. The van der Waals surface area contributed by atoms with E-state index in [4.69, 9.17) is 0 Å². The average molecular weight is 311 g/mol. The summed E-state index contributed by atoms with van der Waals surface area (Å²) in [5, 5.41) is 4.54. The number of thiazole rings is 1. The van der Waals surface area contributed by atoms with Gasteiger partial charge in [-0.25, -0.2) is 4.98 Å². The molecule has 1 fully saturated rings. The fourth-order valence-corrected chi connectivity index (χ4v) is 3.41. The quantitative estimate of drug-likeness (QED) is 0.891. The zero-order chi connectivity index (χ0) is 11.9. The first kappa shape index (κ1) is 11.5. The molecule has 0 atom stereocenters. The van der Waals surface area contributed by atoms with Crippen LogP contribution in [0.25, 0.3) is 10.2 Å². The minimum absolute atomic E-state index is 0.498. The maximum absolute atomic E-state index is 4.61. The number of nitrogens with one attached hydrogen (secondary N) is 1. The van der Waals surface area contributed by atoms with Crippen molar-refractivity contribution in [2.24, 2.45) is 5.41 Å².